The summed E-state index contributed by atoms with van der Waals surface area (Å²) in [7, 11) is 5.96. The molecule has 0 spiro atoms. The molecule has 75 heavy (non-hydrogen) atoms. The predicted molar refractivity (Wildman–Crippen MR) is 318 cm³/mol. The number of carbonyl (C=O) groups excluding carboxylic acids is 2. The van der Waals surface area contributed by atoms with Crippen LogP contribution in [0.15, 0.2) is 109 Å². The molecule has 1 N–H and O–H groups in total. The minimum absolute atomic E-state index is 0.180. The summed E-state index contributed by atoms with van der Waals surface area (Å²) in [5.74, 6) is -2.03. The van der Waals surface area contributed by atoms with E-state index < -0.39 is 24.3 Å². The maximum atomic E-state index is 12.9. The highest BCUT2D eigenvalue weighted by atomic mass is 16.7. The molecule has 0 amide bonds. The molecule has 0 heterocycles. The van der Waals surface area contributed by atoms with Crippen LogP contribution in [0.1, 0.15) is 232 Å². The molecule has 0 saturated heterocycles. The average molecular weight is 1050 g/mol. The topological polar surface area (TPSA) is 108 Å². The standard InChI is InChI=1S/C66H111NO8/c1-6-8-10-12-14-16-18-20-22-24-26-27-28-29-30-31-32-33-34-35-36-37-39-41-43-45-47-49-51-53-55-57-64(69)75-62(61-74-66(65(70)71)72-59-58-67(3,4)5)60-73-63(68)56-54-52-50-48-46-44-42-40-38-25-23-21-19-17-15-13-11-9-7-2/h8-11,14-17,20-23,26-27,29-30,38,40,62,66H,6-7,12-13,18-19,24-25,28,31-37,39,41-61H2,1-5H3/p+1/b10-8-,11-9-,16-14-,17-15-,22-20-,23-21-,27-26-,30-29-,40-38-. The predicted octanol–water partition coefficient (Wildman–Crippen LogP) is 17.9. The van der Waals surface area contributed by atoms with Gasteiger partial charge in [0.1, 0.15) is 13.2 Å². The van der Waals surface area contributed by atoms with Crippen LogP contribution in [-0.4, -0.2) is 87.4 Å². The van der Waals surface area contributed by atoms with Gasteiger partial charge in [0.25, 0.3) is 6.29 Å². The van der Waals surface area contributed by atoms with E-state index >= 15 is 0 Å². The van der Waals surface area contributed by atoms with Crippen molar-refractivity contribution < 1.29 is 42.9 Å². The molecule has 428 valence electrons. The van der Waals surface area contributed by atoms with Crippen molar-refractivity contribution in [2.24, 2.45) is 0 Å². The number of hydrogen-bond donors (Lipinski definition) is 1. The van der Waals surface area contributed by atoms with E-state index in [1.165, 1.54) is 89.9 Å². The van der Waals surface area contributed by atoms with Crippen LogP contribution in [0.2, 0.25) is 0 Å². The Morgan fingerprint density at radius 1 is 0.400 bits per heavy atom. The molecule has 2 atom stereocenters. The van der Waals surface area contributed by atoms with Crippen LogP contribution in [0.25, 0.3) is 0 Å². The van der Waals surface area contributed by atoms with E-state index in [-0.39, 0.29) is 38.6 Å². The Morgan fingerprint density at radius 3 is 1.07 bits per heavy atom. The summed E-state index contributed by atoms with van der Waals surface area (Å²) >= 11 is 0. The number of nitrogens with zero attached hydrogens (tertiary/aromatic N) is 1. The molecule has 0 aliphatic carbocycles. The molecule has 0 aromatic rings. The smallest absolute Gasteiger partial charge is 0.361 e. The van der Waals surface area contributed by atoms with Gasteiger partial charge in [-0.1, -0.05) is 232 Å². The Hall–Kier alpha value is -4.05. The first-order chi connectivity index (χ1) is 36.6. The summed E-state index contributed by atoms with van der Waals surface area (Å²) in [4.78, 5) is 37.5. The van der Waals surface area contributed by atoms with E-state index in [4.69, 9.17) is 18.9 Å². The molecule has 0 aliphatic heterocycles. The molecule has 0 aliphatic rings. The number of likely N-dealkylation sites (N-methyl/N-ethyl adjacent to an activating group) is 1. The van der Waals surface area contributed by atoms with Crippen LogP contribution < -0.4 is 0 Å². The average Bonchev–Trinajstić information content (AvgIpc) is 3.38. The zero-order valence-corrected chi connectivity index (χ0v) is 48.7. The number of allylic oxidation sites excluding steroid dienone is 18. The molecular formula is C66H112NO8+. The number of unbranched alkanes of at least 4 members (excludes halogenated alkanes) is 21. The molecule has 0 bridgehead atoms. The highest BCUT2D eigenvalue weighted by Crippen LogP contribution is 2.16. The van der Waals surface area contributed by atoms with Crippen LogP contribution in [-0.2, 0) is 33.3 Å². The lowest BCUT2D eigenvalue weighted by atomic mass is 10.0. The van der Waals surface area contributed by atoms with Gasteiger partial charge >= 0.3 is 17.9 Å². The molecule has 0 radical (unpaired) electrons. The molecule has 2 unspecified atom stereocenters. The van der Waals surface area contributed by atoms with Crippen molar-refractivity contribution in [1.82, 2.24) is 0 Å². The normalized spacial score (nSPS) is 13.6. The molecule has 9 nitrogen and oxygen atoms in total. The highest BCUT2D eigenvalue weighted by molar-refractivity contribution is 5.71. The second-order valence-corrected chi connectivity index (χ2v) is 20.9. The van der Waals surface area contributed by atoms with Gasteiger partial charge in [0.05, 0.1) is 34.4 Å². The maximum absolute atomic E-state index is 12.9. The maximum Gasteiger partial charge on any atom is 0.361 e. The number of carboxylic acids is 1. The monoisotopic (exact) mass is 1050 g/mol. The first-order valence-electron chi connectivity index (χ1n) is 30.1. The largest absolute Gasteiger partial charge is 0.477 e. The Balaban J connectivity index is 4.21. The van der Waals surface area contributed by atoms with Gasteiger partial charge in [-0.05, 0) is 96.3 Å². The van der Waals surface area contributed by atoms with Crippen LogP contribution in [0.4, 0.5) is 0 Å². The molecule has 0 saturated carbocycles. The number of carbonyl (C=O) groups is 3. The van der Waals surface area contributed by atoms with E-state index in [1.807, 2.05) is 21.1 Å². The van der Waals surface area contributed by atoms with Gasteiger partial charge in [-0.2, -0.15) is 0 Å². The van der Waals surface area contributed by atoms with Gasteiger partial charge in [0, 0.05) is 12.8 Å². The van der Waals surface area contributed by atoms with Crippen LogP contribution >= 0.6 is 0 Å². The lowest BCUT2D eigenvalue weighted by molar-refractivity contribution is -0.870. The van der Waals surface area contributed by atoms with Crippen molar-refractivity contribution >= 4 is 17.9 Å². The van der Waals surface area contributed by atoms with Gasteiger partial charge in [-0.25, -0.2) is 4.79 Å². The third-order valence-corrected chi connectivity index (χ3v) is 12.5. The number of ether oxygens (including phenoxy) is 4. The lowest BCUT2D eigenvalue weighted by Crippen LogP contribution is -2.40. The van der Waals surface area contributed by atoms with Crippen molar-refractivity contribution in [3.05, 3.63) is 109 Å². The number of esters is 2. The number of aliphatic carboxylic acids is 1. The van der Waals surface area contributed by atoms with E-state index in [2.05, 4.69) is 123 Å². The van der Waals surface area contributed by atoms with Crippen molar-refractivity contribution in [1.29, 1.82) is 0 Å². The van der Waals surface area contributed by atoms with Gasteiger partial charge in [-0.3, -0.25) is 9.59 Å². The quantitative estimate of drug-likeness (QED) is 0.0211. The lowest BCUT2D eigenvalue weighted by Gasteiger charge is -2.25. The molecule has 0 rings (SSSR count). The van der Waals surface area contributed by atoms with Gasteiger partial charge in [-0.15, -0.1) is 0 Å². The summed E-state index contributed by atoms with van der Waals surface area (Å²) < 4.78 is 22.9. The summed E-state index contributed by atoms with van der Waals surface area (Å²) in [6, 6.07) is 0. The zero-order valence-electron chi connectivity index (χ0n) is 48.7. The Bertz CT molecular complexity index is 1590. The number of quaternary nitrogens is 1. The third kappa shape index (κ3) is 57.5. The second-order valence-electron chi connectivity index (χ2n) is 20.9. The van der Waals surface area contributed by atoms with Gasteiger partial charge < -0.3 is 28.5 Å². The number of carboxylic acid groups (broad SMARTS) is 1. The highest BCUT2D eigenvalue weighted by Gasteiger charge is 2.25. The zero-order chi connectivity index (χ0) is 54.8. The first kappa shape index (κ1) is 71.0. The summed E-state index contributed by atoms with van der Waals surface area (Å²) in [5, 5.41) is 9.71. The first-order valence-corrected chi connectivity index (χ1v) is 30.1. The minimum atomic E-state index is -1.52. The van der Waals surface area contributed by atoms with Crippen molar-refractivity contribution in [3.8, 4) is 0 Å². The molecule has 0 aromatic carbocycles. The molecule has 9 heteroatoms. The van der Waals surface area contributed by atoms with E-state index in [9.17, 15) is 19.5 Å². The fourth-order valence-electron chi connectivity index (χ4n) is 7.97. The van der Waals surface area contributed by atoms with Crippen molar-refractivity contribution in [3.63, 3.8) is 0 Å². The fourth-order valence-corrected chi connectivity index (χ4v) is 7.97. The van der Waals surface area contributed by atoms with Crippen LogP contribution in [0.5, 0.6) is 0 Å². The SMILES string of the molecule is CC/C=C\C/C=C\C/C=C\C/C=C\C/C=C\CCCCCCCCCCCCCCCCCC(=O)OC(COC(=O)CCCCCCCC/C=C\C/C=C\C/C=C\C/C=C\CC)COC(OCC[N+](C)(C)C)C(=O)O. The number of hydrogen-bond acceptors (Lipinski definition) is 7. The van der Waals surface area contributed by atoms with Crippen molar-refractivity contribution in [2.75, 3.05) is 47.5 Å². The third-order valence-electron chi connectivity index (χ3n) is 12.5. The Labute approximate surface area is 460 Å². The Morgan fingerprint density at radius 2 is 0.720 bits per heavy atom. The summed E-state index contributed by atoms with van der Waals surface area (Å²) in [6.45, 7) is 4.63. The summed E-state index contributed by atoms with van der Waals surface area (Å²) in [5.41, 5.74) is 0. The van der Waals surface area contributed by atoms with Crippen LogP contribution in [0.3, 0.4) is 0 Å². The molecular weight excluding hydrogens is 935 g/mol. The number of rotatable bonds is 54. The van der Waals surface area contributed by atoms with E-state index in [0.717, 1.165) is 109 Å². The van der Waals surface area contributed by atoms with Gasteiger partial charge in [0.15, 0.2) is 6.10 Å². The fraction of sp³-hybridized carbons (Fsp3) is 0.682. The Kier molecular flexibility index (Phi) is 53.1. The molecule has 0 aromatic heterocycles. The minimum Gasteiger partial charge on any atom is -0.477 e. The van der Waals surface area contributed by atoms with E-state index in [1.54, 1.807) is 0 Å². The van der Waals surface area contributed by atoms with Crippen LogP contribution in [0, 0.1) is 0 Å². The van der Waals surface area contributed by atoms with Crippen molar-refractivity contribution in [2.45, 2.75) is 245 Å². The summed E-state index contributed by atoms with van der Waals surface area (Å²) in [6.07, 6.45) is 74.6. The van der Waals surface area contributed by atoms with Gasteiger partial charge in [0.2, 0.25) is 0 Å². The second kappa shape index (κ2) is 56.2. The molecule has 0 fully saturated rings. The van der Waals surface area contributed by atoms with E-state index in [0.29, 0.717) is 17.4 Å².